The second kappa shape index (κ2) is 8.39. The molecular weight excluding hydrogens is 361 g/mol. The quantitative estimate of drug-likeness (QED) is 0.479. The van der Waals surface area contributed by atoms with Crippen LogP contribution in [0.5, 0.6) is 0 Å². The van der Waals surface area contributed by atoms with E-state index in [0.717, 1.165) is 17.9 Å². The Balaban J connectivity index is 1.79. The summed E-state index contributed by atoms with van der Waals surface area (Å²) in [4.78, 5) is 4.39. The van der Waals surface area contributed by atoms with Crippen molar-refractivity contribution in [1.82, 2.24) is 14.8 Å². The molecule has 0 fully saturated rings. The number of hydrogen-bond donors (Lipinski definition) is 0. The third-order valence-corrected chi connectivity index (χ3v) is 4.10. The first-order valence-electron chi connectivity index (χ1n) is 7.45. The third kappa shape index (κ3) is 4.89. The van der Waals surface area contributed by atoms with E-state index >= 15 is 0 Å². The number of halogens is 1. The fourth-order valence-corrected chi connectivity index (χ4v) is 2.55. The number of rotatable bonds is 8. The molecule has 0 atom stereocenters. The van der Waals surface area contributed by atoms with Crippen LogP contribution in [-0.2, 0) is 6.54 Å². The first-order chi connectivity index (χ1) is 9.79. The van der Waals surface area contributed by atoms with E-state index in [1.54, 1.807) is 0 Å². The number of aromatic nitrogens is 3. The highest BCUT2D eigenvalue weighted by atomic mass is 127. The Kier molecular flexibility index (Phi) is 6.50. The molecular formula is C16H22IN3. The van der Waals surface area contributed by atoms with Crippen LogP contribution in [-0.4, -0.2) is 14.8 Å². The van der Waals surface area contributed by atoms with E-state index in [4.69, 9.17) is 0 Å². The highest BCUT2D eigenvalue weighted by Gasteiger charge is 2.03. The van der Waals surface area contributed by atoms with Gasteiger partial charge in [-0.2, -0.15) is 5.10 Å². The minimum absolute atomic E-state index is 0.826. The standard InChI is InChI=1S/C16H22IN3/c1-2-3-4-5-6-7-12-20-13-18-16(19-20)14-8-10-15(17)11-9-14/h8-11,13H,2-7,12H2,1H3. The van der Waals surface area contributed by atoms with Gasteiger partial charge < -0.3 is 0 Å². The van der Waals surface area contributed by atoms with Crippen molar-refractivity contribution < 1.29 is 0 Å². The van der Waals surface area contributed by atoms with Gasteiger partial charge in [0.2, 0.25) is 0 Å². The summed E-state index contributed by atoms with van der Waals surface area (Å²) in [5, 5.41) is 4.55. The van der Waals surface area contributed by atoms with Gasteiger partial charge >= 0.3 is 0 Å². The summed E-state index contributed by atoms with van der Waals surface area (Å²) in [7, 11) is 0. The Bertz CT molecular complexity index is 505. The first kappa shape index (κ1) is 15.5. The number of hydrogen-bond acceptors (Lipinski definition) is 2. The van der Waals surface area contributed by atoms with Crippen LogP contribution in [0.2, 0.25) is 0 Å². The van der Waals surface area contributed by atoms with Crippen LogP contribution < -0.4 is 0 Å². The van der Waals surface area contributed by atoms with Crippen LogP contribution in [0.25, 0.3) is 11.4 Å². The zero-order chi connectivity index (χ0) is 14.2. The largest absolute Gasteiger partial charge is 0.252 e. The molecule has 0 radical (unpaired) electrons. The number of benzene rings is 1. The van der Waals surface area contributed by atoms with Crippen molar-refractivity contribution in [2.45, 2.75) is 52.0 Å². The fourth-order valence-electron chi connectivity index (χ4n) is 2.19. The third-order valence-electron chi connectivity index (χ3n) is 3.38. The van der Waals surface area contributed by atoms with Crippen molar-refractivity contribution in [3.63, 3.8) is 0 Å². The van der Waals surface area contributed by atoms with E-state index in [9.17, 15) is 0 Å². The van der Waals surface area contributed by atoms with Crippen molar-refractivity contribution in [3.8, 4) is 11.4 Å². The predicted octanol–water partition coefficient (Wildman–Crippen LogP) is 4.91. The highest BCUT2D eigenvalue weighted by Crippen LogP contribution is 2.16. The van der Waals surface area contributed by atoms with Crippen molar-refractivity contribution >= 4 is 22.6 Å². The lowest BCUT2D eigenvalue weighted by atomic mass is 10.1. The Morgan fingerprint density at radius 2 is 1.70 bits per heavy atom. The van der Waals surface area contributed by atoms with Crippen LogP contribution in [0, 0.1) is 3.57 Å². The maximum atomic E-state index is 4.55. The first-order valence-corrected chi connectivity index (χ1v) is 8.53. The maximum absolute atomic E-state index is 4.55. The molecule has 3 nitrogen and oxygen atoms in total. The van der Waals surface area contributed by atoms with Gasteiger partial charge in [0, 0.05) is 15.7 Å². The molecule has 1 heterocycles. The maximum Gasteiger partial charge on any atom is 0.181 e. The lowest BCUT2D eigenvalue weighted by molar-refractivity contribution is 0.527. The van der Waals surface area contributed by atoms with Gasteiger partial charge in [-0.25, -0.2) is 4.98 Å². The zero-order valence-corrected chi connectivity index (χ0v) is 14.2. The van der Waals surface area contributed by atoms with Gasteiger partial charge in [-0.1, -0.05) is 51.2 Å². The smallest absolute Gasteiger partial charge is 0.181 e. The van der Waals surface area contributed by atoms with Crippen LogP contribution in [0.15, 0.2) is 30.6 Å². The minimum atomic E-state index is 0.826. The molecule has 0 bridgehead atoms. The average Bonchev–Trinajstić information content (AvgIpc) is 2.92. The van der Waals surface area contributed by atoms with E-state index in [-0.39, 0.29) is 0 Å². The molecule has 108 valence electrons. The fraction of sp³-hybridized carbons (Fsp3) is 0.500. The van der Waals surface area contributed by atoms with Crippen LogP contribution in [0.3, 0.4) is 0 Å². The lowest BCUT2D eigenvalue weighted by Gasteiger charge is -2.01. The average molecular weight is 383 g/mol. The summed E-state index contributed by atoms with van der Waals surface area (Å²) in [6.07, 6.45) is 9.70. The summed E-state index contributed by atoms with van der Waals surface area (Å²) in [5.74, 6) is 0.826. The number of aryl methyl sites for hydroxylation is 1. The van der Waals surface area contributed by atoms with Gasteiger partial charge in [-0.05, 0) is 41.1 Å². The number of unbranched alkanes of at least 4 members (excludes halogenated alkanes) is 5. The zero-order valence-electron chi connectivity index (χ0n) is 12.1. The Morgan fingerprint density at radius 1 is 1.00 bits per heavy atom. The van der Waals surface area contributed by atoms with E-state index in [0.29, 0.717) is 0 Å². The Morgan fingerprint density at radius 3 is 2.45 bits per heavy atom. The van der Waals surface area contributed by atoms with Gasteiger partial charge in [-0.15, -0.1) is 0 Å². The summed E-state index contributed by atoms with van der Waals surface area (Å²) in [6.45, 7) is 3.23. The molecule has 1 aromatic carbocycles. The Labute approximate surface area is 134 Å². The van der Waals surface area contributed by atoms with Gasteiger partial charge in [-0.3, -0.25) is 4.68 Å². The summed E-state index contributed by atoms with van der Waals surface area (Å²) < 4.78 is 3.20. The molecule has 0 aliphatic rings. The molecule has 0 saturated carbocycles. The predicted molar refractivity (Wildman–Crippen MR) is 91.6 cm³/mol. The molecule has 2 aromatic rings. The van der Waals surface area contributed by atoms with Crippen LogP contribution >= 0.6 is 22.6 Å². The normalized spacial score (nSPS) is 10.9. The molecule has 4 heteroatoms. The molecule has 0 amide bonds. The summed E-state index contributed by atoms with van der Waals surface area (Å²) in [6, 6.07) is 8.33. The van der Waals surface area contributed by atoms with E-state index in [1.807, 2.05) is 11.0 Å². The van der Waals surface area contributed by atoms with E-state index in [1.165, 1.54) is 42.1 Å². The molecule has 0 spiro atoms. The van der Waals surface area contributed by atoms with Gasteiger partial charge in [0.1, 0.15) is 6.33 Å². The topological polar surface area (TPSA) is 30.7 Å². The second-order valence-electron chi connectivity index (χ2n) is 5.11. The van der Waals surface area contributed by atoms with Gasteiger partial charge in [0.15, 0.2) is 5.82 Å². The highest BCUT2D eigenvalue weighted by molar-refractivity contribution is 14.1. The second-order valence-corrected chi connectivity index (χ2v) is 6.35. The molecule has 2 rings (SSSR count). The molecule has 0 saturated heterocycles. The van der Waals surface area contributed by atoms with Crippen molar-refractivity contribution in [3.05, 3.63) is 34.2 Å². The molecule has 0 aliphatic heterocycles. The van der Waals surface area contributed by atoms with Gasteiger partial charge in [0.25, 0.3) is 0 Å². The van der Waals surface area contributed by atoms with Gasteiger partial charge in [0.05, 0.1) is 0 Å². The van der Waals surface area contributed by atoms with Crippen LogP contribution in [0.4, 0.5) is 0 Å². The van der Waals surface area contributed by atoms with Crippen LogP contribution in [0.1, 0.15) is 45.4 Å². The van der Waals surface area contributed by atoms with Crippen molar-refractivity contribution in [1.29, 1.82) is 0 Å². The molecule has 0 unspecified atom stereocenters. The Hall–Kier alpha value is -0.910. The monoisotopic (exact) mass is 383 g/mol. The van der Waals surface area contributed by atoms with Crippen molar-refractivity contribution in [2.24, 2.45) is 0 Å². The number of nitrogens with zero attached hydrogens (tertiary/aromatic N) is 3. The van der Waals surface area contributed by atoms with E-state index < -0.39 is 0 Å². The lowest BCUT2D eigenvalue weighted by Crippen LogP contribution is -1.98. The molecule has 0 aliphatic carbocycles. The molecule has 1 aromatic heterocycles. The summed E-state index contributed by atoms with van der Waals surface area (Å²) in [5.41, 5.74) is 1.09. The molecule has 0 N–H and O–H groups in total. The minimum Gasteiger partial charge on any atom is -0.252 e. The van der Waals surface area contributed by atoms with E-state index in [2.05, 4.69) is 63.9 Å². The molecule has 20 heavy (non-hydrogen) atoms. The van der Waals surface area contributed by atoms with Crippen molar-refractivity contribution in [2.75, 3.05) is 0 Å². The summed E-state index contributed by atoms with van der Waals surface area (Å²) >= 11 is 2.31. The SMILES string of the molecule is CCCCCCCCn1cnc(-c2ccc(I)cc2)n1.